The molecule has 4 N–H and O–H groups in total. The minimum Gasteiger partial charge on any atom is -0.457 e. The molecule has 3 rings (SSSR count). The minimum absolute atomic E-state index is 0.241. The third kappa shape index (κ3) is 6.18. The Morgan fingerprint density at radius 2 is 1.40 bits per heavy atom. The fraction of sp³-hybridized carbons (Fsp3) is 0.167. The Morgan fingerprint density at radius 3 is 1.97 bits per heavy atom. The van der Waals surface area contributed by atoms with Crippen LogP contribution in [0, 0.1) is 5.41 Å². The summed E-state index contributed by atoms with van der Waals surface area (Å²) in [6, 6.07) is 23.9. The molecule has 30 heavy (non-hydrogen) atoms. The zero-order valence-electron chi connectivity index (χ0n) is 17.1. The molecule has 2 amide bonds. The molecule has 3 aromatic rings. The van der Waals surface area contributed by atoms with Crippen LogP contribution in [0.4, 0.5) is 16.2 Å². The summed E-state index contributed by atoms with van der Waals surface area (Å²) >= 11 is 0. The van der Waals surface area contributed by atoms with Crippen molar-refractivity contribution in [3.05, 3.63) is 84.4 Å². The molecular formula is C24H26N4O2. The van der Waals surface area contributed by atoms with E-state index in [9.17, 15) is 4.79 Å². The first-order chi connectivity index (χ1) is 14.5. The van der Waals surface area contributed by atoms with E-state index in [0.717, 1.165) is 11.3 Å². The van der Waals surface area contributed by atoms with Gasteiger partial charge in [0.2, 0.25) is 0 Å². The van der Waals surface area contributed by atoms with Gasteiger partial charge in [0.15, 0.2) is 0 Å². The Bertz CT molecular complexity index is 970. The third-order valence-electron chi connectivity index (χ3n) is 4.59. The van der Waals surface area contributed by atoms with Crippen LogP contribution in [0.15, 0.2) is 78.9 Å². The fourth-order valence-corrected chi connectivity index (χ4v) is 2.81. The standard InChI is InChI=1S/C24H26N4O2/c1-17(26-2)16-23(25)18-8-10-19(11-9-18)27-24(29)28-20-12-14-22(15-13-20)30-21-6-4-3-5-7-21/h3-15,17,25-26H,16H2,1-2H3,(H2,27,28,29)/t17-/m0/s1. The van der Waals surface area contributed by atoms with Crippen LogP contribution in [-0.4, -0.2) is 24.8 Å². The number of urea groups is 1. The van der Waals surface area contributed by atoms with Crippen LogP contribution in [0.25, 0.3) is 0 Å². The largest absolute Gasteiger partial charge is 0.457 e. The maximum absolute atomic E-state index is 12.3. The minimum atomic E-state index is -0.335. The lowest BCUT2D eigenvalue weighted by Gasteiger charge is -2.12. The van der Waals surface area contributed by atoms with E-state index in [0.29, 0.717) is 29.3 Å². The van der Waals surface area contributed by atoms with Gasteiger partial charge in [0.25, 0.3) is 0 Å². The molecule has 0 bridgehead atoms. The highest BCUT2D eigenvalue weighted by atomic mass is 16.5. The van der Waals surface area contributed by atoms with Gasteiger partial charge in [-0.25, -0.2) is 4.79 Å². The number of amides is 2. The summed E-state index contributed by atoms with van der Waals surface area (Å²) in [6.07, 6.45) is 0.647. The first-order valence-corrected chi connectivity index (χ1v) is 9.79. The number of carbonyl (C=O) groups excluding carboxylic acids is 1. The van der Waals surface area contributed by atoms with Crippen LogP contribution >= 0.6 is 0 Å². The van der Waals surface area contributed by atoms with Gasteiger partial charge < -0.3 is 26.1 Å². The smallest absolute Gasteiger partial charge is 0.323 e. The van der Waals surface area contributed by atoms with Crippen molar-refractivity contribution in [3.63, 3.8) is 0 Å². The Morgan fingerprint density at radius 1 is 0.867 bits per heavy atom. The lowest BCUT2D eigenvalue weighted by Crippen LogP contribution is -2.24. The molecule has 3 aromatic carbocycles. The van der Waals surface area contributed by atoms with E-state index in [1.165, 1.54) is 0 Å². The molecule has 154 valence electrons. The lowest BCUT2D eigenvalue weighted by atomic mass is 10.0. The molecular weight excluding hydrogens is 376 g/mol. The van der Waals surface area contributed by atoms with Crippen molar-refractivity contribution in [1.82, 2.24) is 5.32 Å². The molecule has 0 radical (unpaired) electrons. The van der Waals surface area contributed by atoms with E-state index in [-0.39, 0.29) is 12.1 Å². The summed E-state index contributed by atoms with van der Waals surface area (Å²) in [6.45, 7) is 2.04. The zero-order valence-corrected chi connectivity index (χ0v) is 17.1. The second-order valence-electron chi connectivity index (χ2n) is 6.97. The predicted molar refractivity (Wildman–Crippen MR) is 122 cm³/mol. The molecule has 0 saturated carbocycles. The van der Waals surface area contributed by atoms with Gasteiger partial charge in [0.1, 0.15) is 11.5 Å². The first kappa shape index (κ1) is 21.1. The molecule has 6 nitrogen and oxygen atoms in total. The van der Waals surface area contributed by atoms with E-state index in [4.69, 9.17) is 10.1 Å². The van der Waals surface area contributed by atoms with Crippen molar-refractivity contribution in [2.45, 2.75) is 19.4 Å². The van der Waals surface area contributed by atoms with Gasteiger partial charge >= 0.3 is 6.03 Å². The number of para-hydroxylation sites is 1. The van der Waals surface area contributed by atoms with E-state index in [1.807, 2.05) is 56.4 Å². The molecule has 0 aromatic heterocycles. The van der Waals surface area contributed by atoms with Gasteiger partial charge in [-0.2, -0.15) is 0 Å². The third-order valence-corrected chi connectivity index (χ3v) is 4.59. The van der Waals surface area contributed by atoms with Crippen LogP contribution in [0.3, 0.4) is 0 Å². The van der Waals surface area contributed by atoms with E-state index in [1.54, 1.807) is 36.4 Å². The topological polar surface area (TPSA) is 86.2 Å². The number of hydrogen-bond acceptors (Lipinski definition) is 4. The van der Waals surface area contributed by atoms with Gasteiger partial charge in [-0.1, -0.05) is 30.3 Å². The van der Waals surface area contributed by atoms with Crippen molar-refractivity contribution < 1.29 is 9.53 Å². The number of ether oxygens (including phenoxy) is 1. The number of nitrogens with one attached hydrogen (secondary N) is 4. The summed E-state index contributed by atoms with van der Waals surface area (Å²) in [5.41, 5.74) is 2.73. The molecule has 6 heteroatoms. The number of anilines is 2. The number of carbonyl (C=O) groups is 1. The molecule has 0 unspecified atom stereocenters. The highest BCUT2D eigenvalue weighted by Crippen LogP contribution is 2.22. The Labute approximate surface area is 176 Å². The molecule has 0 aliphatic carbocycles. The average Bonchev–Trinajstić information content (AvgIpc) is 2.76. The second kappa shape index (κ2) is 10.2. The molecule has 0 heterocycles. The Kier molecular flexibility index (Phi) is 7.19. The molecule has 0 aliphatic heterocycles. The maximum Gasteiger partial charge on any atom is 0.323 e. The van der Waals surface area contributed by atoms with E-state index >= 15 is 0 Å². The van der Waals surface area contributed by atoms with Gasteiger partial charge in [0, 0.05) is 29.5 Å². The average molecular weight is 402 g/mol. The Balaban J connectivity index is 1.52. The van der Waals surface area contributed by atoms with Gasteiger partial charge in [-0.15, -0.1) is 0 Å². The quantitative estimate of drug-likeness (QED) is 0.376. The van der Waals surface area contributed by atoms with Crippen molar-refractivity contribution in [3.8, 4) is 11.5 Å². The molecule has 0 aliphatic rings. The number of benzene rings is 3. The van der Waals surface area contributed by atoms with Gasteiger partial charge in [0.05, 0.1) is 0 Å². The normalized spacial score (nSPS) is 11.4. The summed E-state index contributed by atoms with van der Waals surface area (Å²) in [4.78, 5) is 12.3. The van der Waals surface area contributed by atoms with Gasteiger partial charge in [-0.3, -0.25) is 0 Å². The summed E-state index contributed by atoms with van der Waals surface area (Å²) in [7, 11) is 1.88. The first-order valence-electron chi connectivity index (χ1n) is 9.79. The van der Waals surface area contributed by atoms with E-state index < -0.39 is 0 Å². The highest BCUT2D eigenvalue weighted by molar-refractivity contribution is 6.01. The van der Waals surface area contributed by atoms with Crippen LogP contribution in [0.5, 0.6) is 11.5 Å². The van der Waals surface area contributed by atoms with Crippen molar-refractivity contribution in [1.29, 1.82) is 5.41 Å². The van der Waals surface area contributed by atoms with Gasteiger partial charge in [-0.05, 0) is 68.1 Å². The van der Waals surface area contributed by atoms with Crippen LogP contribution < -0.4 is 20.7 Å². The monoisotopic (exact) mass is 402 g/mol. The summed E-state index contributed by atoms with van der Waals surface area (Å²) in [5.74, 6) is 1.45. The number of rotatable bonds is 8. The van der Waals surface area contributed by atoms with Crippen LogP contribution in [0.2, 0.25) is 0 Å². The maximum atomic E-state index is 12.3. The second-order valence-corrected chi connectivity index (χ2v) is 6.97. The Hall–Kier alpha value is -3.64. The van der Waals surface area contributed by atoms with Crippen molar-refractivity contribution >= 4 is 23.1 Å². The molecule has 1 atom stereocenters. The predicted octanol–water partition coefficient (Wildman–Crippen LogP) is 5.49. The van der Waals surface area contributed by atoms with Crippen LogP contribution in [-0.2, 0) is 0 Å². The highest BCUT2D eigenvalue weighted by Gasteiger charge is 2.08. The zero-order chi connectivity index (χ0) is 21.3. The molecule has 0 spiro atoms. The fourth-order valence-electron chi connectivity index (χ4n) is 2.81. The molecule has 0 fully saturated rings. The number of hydrogen-bond donors (Lipinski definition) is 4. The van der Waals surface area contributed by atoms with Crippen molar-refractivity contribution in [2.75, 3.05) is 17.7 Å². The van der Waals surface area contributed by atoms with Crippen molar-refractivity contribution in [2.24, 2.45) is 0 Å². The van der Waals surface area contributed by atoms with E-state index in [2.05, 4.69) is 16.0 Å². The SMILES string of the molecule is CN[C@@H](C)CC(=N)c1ccc(NC(=O)Nc2ccc(Oc3ccccc3)cc2)cc1. The molecule has 0 saturated heterocycles. The van der Waals surface area contributed by atoms with Crippen LogP contribution in [0.1, 0.15) is 18.9 Å². The summed E-state index contributed by atoms with van der Waals surface area (Å²) in [5, 5.41) is 16.9. The lowest BCUT2D eigenvalue weighted by molar-refractivity contribution is 0.262. The summed E-state index contributed by atoms with van der Waals surface area (Å²) < 4.78 is 5.75.